The fourth-order valence-corrected chi connectivity index (χ4v) is 1.48. The normalized spacial score (nSPS) is 10.1. The van der Waals surface area contributed by atoms with E-state index >= 15 is 0 Å². The van der Waals surface area contributed by atoms with Crippen molar-refractivity contribution in [3.8, 4) is 0 Å². The molecule has 0 saturated heterocycles. The van der Waals surface area contributed by atoms with Gasteiger partial charge in [0.05, 0.1) is 12.2 Å². The van der Waals surface area contributed by atoms with E-state index in [9.17, 15) is 4.79 Å². The van der Waals surface area contributed by atoms with Crippen LogP contribution in [0.1, 0.15) is 22.3 Å². The summed E-state index contributed by atoms with van der Waals surface area (Å²) in [7, 11) is 0. The summed E-state index contributed by atoms with van der Waals surface area (Å²) in [6, 6.07) is 5.46. The molecule has 0 aromatic heterocycles. The molecule has 0 heterocycles. The molecule has 0 amide bonds. The summed E-state index contributed by atoms with van der Waals surface area (Å²) in [6.45, 7) is 2.14. The highest BCUT2D eigenvalue weighted by atomic mass is 79.9. The van der Waals surface area contributed by atoms with Gasteiger partial charge in [-0.05, 0) is 24.6 Å². The molecule has 0 aliphatic carbocycles. The number of benzene rings is 1. The second kappa shape index (κ2) is 5.88. The fraction of sp³-hybridized carbons (Fsp3) is 0.364. The molecule has 1 N–H and O–H groups in total. The molecule has 0 bridgehead atoms. The smallest absolute Gasteiger partial charge is 0.338 e. The second-order valence-electron chi connectivity index (χ2n) is 3.17. The summed E-state index contributed by atoms with van der Waals surface area (Å²) in [5, 5.41) is 8.55. The Bertz CT molecular complexity index is 350. The van der Waals surface area contributed by atoms with Gasteiger partial charge in [-0.2, -0.15) is 0 Å². The number of carbonyl (C=O) groups is 1. The first-order chi connectivity index (χ1) is 7.15. The van der Waals surface area contributed by atoms with Crippen LogP contribution in [0.15, 0.2) is 22.7 Å². The van der Waals surface area contributed by atoms with Crippen LogP contribution in [-0.2, 0) is 4.74 Å². The number of halogens is 1. The first kappa shape index (κ1) is 12.2. The van der Waals surface area contributed by atoms with E-state index in [2.05, 4.69) is 15.9 Å². The molecule has 15 heavy (non-hydrogen) atoms. The minimum atomic E-state index is -0.345. The van der Waals surface area contributed by atoms with Crippen molar-refractivity contribution in [2.45, 2.75) is 13.3 Å². The molecule has 1 aromatic carbocycles. The van der Waals surface area contributed by atoms with E-state index in [1.165, 1.54) is 0 Å². The van der Waals surface area contributed by atoms with Crippen molar-refractivity contribution in [1.29, 1.82) is 0 Å². The van der Waals surface area contributed by atoms with E-state index in [-0.39, 0.29) is 19.2 Å². The molecule has 0 aliphatic heterocycles. The summed E-state index contributed by atoms with van der Waals surface area (Å²) < 4.78 is 5.83. The largest absolute Gasteiger partial charge is 0.462 e. The van der Waals surface area contributed by atoms with Crippen molar-refractivity contribution >= 4 is 21.9 Å². The Hall–Kier alpha value is -0.870. The summed E-state index contributed by atoms with van der Waals surface area (Å²) in [4.78, 5) is 11.6. The van der Waals surface area contributed by atoms with E-state index in [0.717, 1.165) is 10.0 Å². The highest BCUT2D eigenvalue weighted by Crippen LogP contribution is 2.16. The Labute approximate surface area is 97.2 Å². The third-order valence-corrected chi connectivity index (χ3v) is 2.45. The monoisotopic (exact) mass is 272 g/mol. The van der Waals surface area contributed by atoms with Crippen LogP contribution < -0.4 is 0 Å². The van der Waals surface area contributed by atoms with Crippen LogP contribution >= 0.6 is 15.9 Å². The maximum atomic E-state index is 11.6. The van der Waals surface area contributed by atoms with Crippen molar-refractivity contribution in [2.24, 2.45) is 0 Å². The standard InChI is InChI=1S/C11H13BrO3/c1-8-3-4-9(12)7-10(8)11(14)15-6-2-5-13/h3-4,7,13H,2,5-6H2,1H3. The number of ether oxygens (including phenoxy) is 1. The molecule has 0 atom stereocenters. The molecule has 82 valence electrons. The first-order valence-corrected chi connectivity index (χ1v) is 5.48. The van der Waals surface area contributed by atoms with Crippen LogP contribution in [0.5, 0.6) is 0 Å². The van der Waals surface area contributed by atoms with Crippen LogP contribution in [0.25, 0.3) is 0 Å². The molecule has 4 heteroatoms. The zero-order valence-corrected chi connectivity index (χ0v) is 10.1. The SMILES string of the molecule is Cc1ccc(Br)cc1C(=O)OCCCO. The van der Waals surface area contributed by atoms with E-state index in [1.807, 2.05) is 19.1 Å². The Morgan fingerprint density at radius 2 is 2.27 bits per heavy atom. The van der Waals surface area contributed by atoms with E-state index < -0.39 is 0 Å². The molecule has 0 fully saturated rings. The zero-order valence-electron chi connectivity index (χ0n) is 8.50. The maximum absolute atomic E-state index is 11.6. The quantitative estimate of drug-likeness (QED) is 0.676. The highest BCUT2D eigenvalue weighted by Gasteiger charge is 2.10. The van der Waals surface area contributed by atoms with Gasteiger partial charge in [0.25, 0.3) is 0 Å². The van der Waals surface area contributed by atoms with Gasteiger partial charge < -0.3 is 9.84 Å². The molecule has 0 aliphatic rings. The number of hydrogen-bond acceptors (Lipinski definition) is 3. The molecular formula is C11H13BrO3. The summed E-state index contributed by atoms with van der Waals surface area (Å²) >= 11 is 3.30. The maximum Gasteiger partial charge on any atom is 0.338 e. The van der Waals surface area contributed by atoms with Crippen LogP contribution in [0, 0.1) is 6.92 Å². The zero-order chi connectivity index (χ0) is 11.3. The van der Waals surface area contributed by atoms with Gasteiger partial charge in [-0.1, -0.05) is 22.0 Å². The predicted octanol–water partition coefficient (Wildman–Crippen LogP) is 2.30. The molecule has 1 rings (SSSR count). The number of rotatable bonds is 4. The highest BCUT2D eigenvalue weighted by molar-refractivity contribution is 9.10. The van der Waals surface area contributed by atoms with Crippen molar-refractivity contribution in [2.75, 3.05) is 13.2 Å². The number of aryl methyl sites for hydroxylation is 1. The predicted molar refractivity (Wildman–Crippen MR) is 60.9 cm³/mol. The van der Waals surface area contributed by atoms with E-state index in [0.29, 0.717) is 12.0 Å². The number of aliphatic hydroxyl groups excluding tert-OH is 1. The third kappa shape index (κ3) is 3.64. The van der Waals surface area contributed by atoms with Crippen molar-refractivity contribution in [1.82, 2.24) is 0 Å². The molecule has 1 aromatic rings. The van der Waals surface area contributed by atoms with Gasteiger partial charge in [-0.15, -0.1) is 0 Å². The van der Waals surface area contributed by atoms with Crippen LogP contribution in [0.4, 0.5) is 0 Å². The summed E-state index contributed by atoms with van der Waals surface area (Å²) in [5.74, 6) is -0.345. The van der Waals surface area contributed by atoms with Gasteiger partial charge in [-0.3, -0.25) is 0 Å². The lowest BCUT2D eigenvalue weighted by molar-refractivity contribution is 0.0481. The minimum absolute atomic E-state index is 0.0325. The molecule has 0 saturated carbocycles. The van der Waals surface area contributed by atoms with Gasteiger partial charge in [-0.25, -0.2) is 4.79 Å². The summed E-state index contributed by atoms with van der Waals surface area (Å²) in [6.07, 6.45) is 0.471. The lowest BCUT2D eigenvalue weighted by Gasteiger charge is -2.06. The van der Waals surface area contributed by atoms with E-state index in [1.54, 1.807) is 6.07 Å². The lowest BCUT2D eigenvalue weighted by Crippen LogP contribution is -2.09. The van der Waals surface area contributed by atoms with Crippen LogP contribution in [0.2, 0.25) is 0 Å². The second-order valence-corrected chi connectivity index (χ2v) is 4.09. The van der Waals surface area contributed by atoms with Crippen molar-refractivity contribution < 1.29 is 14.6 Å². The minimum Gasteiger partial charge on any atom is -0.462 e. The Kier molecular flexibility index (Phi) is 4.78. The number of hydrogen-bond donors (Lipinski definition) is 1. The average molecular weight is 273 g/mol. The molecule has 0 unspecified atom stereocenters. The van der Waals surface area contributed by atoms with E-state index in [4.69, 9.17) is 9.84 Å². The number of esters is 1. The molecule has 0 spiro atoms. The van der Waals surface area contributed by atoms with Gasteiger partial charge in [0, 0.05) is 17.5 Å². The van der Waals surface area contributed by atoms with Gasteiger partial charge >= 0.3 is 5.97 Å². The fourth-order valence-electron chi connectivity index (χ4n) is 1.12. The topological polar surface area (TPSA) is 46.5 Å². The lowest BCUT2D eigenvalue weighted by atomic mass is 10.1. The molecular weight excluding hydrogens is 260 g/mol. The first-order valence-electron chi connectivity index (χ1n) is 4.69. The van der Waals surface area contributed by atoms with Gasteiger partial charge in [0.2, 0.25) is 0 Å². The third-order valence-electron chi connectivity index (χ3n) is 1.96. The molecule has 3 nitrogen and oxygen atoms in total. The average Bonchev–Trinajstić information content (AvgIpc) is 2.22. The number of aliphatic hydroxyl groups is 1. The molecule has 0 radical (unpaired) electrons. The van der Waals surface area contributed by atoms with Crippen LogP contribution in [-0.4, -0.2) is 24.3 Å². The number of carbonyl (C=O) groups excluding carboxylic acids is 1. The Balaban J connectivity index is 2.68. The summed E-state index contributed by atoms with van der Waals surface area (Å²) in [5.41, 5.74) is 1.44. The Morgan fingerprint density at radius 3 is 2.93 bits per heavy atom. The van der Waals surface area contributed by atoms with Crippen molar-refractivity contribution in [3.05, 3.63) is 33.8 Å². The van der Waals surface area contributed by atoms with Gasteiger partial charge in [0.15, 0.2) is 0 Å². The van der Waals surface area contributed by atoms with Crippen LogP contribution in [0.3, 0.4) is 0 Å². The van der Waals surface area contributed by atoms with Crippen molar-refractivity contribution in [3.63, 3.8) is 0 Å². The van der Waals surface area contributed by atoms with Gasteiger partial charge in [0.1, 0.15) is 0 Å². The Morgan fingerprint density at radius 1 is 1.53 bits per heavy atom.